The Bertz CT molecular complexity index is 1010. The van der Waals surface area contributed by atoms with Crippen molar-refractivity contribution in [3.8, 4) is 5.75 Å². The monoisotopic (exact) mass is 460 g/mol. The van der Waals surface area contributed by atoms with Crippen LogP contribution in [0.3, 0.4) is 0 Å². The average molecular weight is 461 g/mol. The molecule has 1 aliphatic heterocycles. The molecule has 0 radical (unpaired) electrons. The molecule has 0 unspecified atom stereocenters. The predicted octanol–water partition coefficient (Wildman–Crippen LogP) is 4.18. The lowest BCUT2D eigenvalue weighted by Crippen LogP contribution is -2.43. The lowest BCUT2D eigenvalue weighted by molar-refractivity contribution is -0.120. The number of carbonyl (C=O) groups is 1. The van der Waals surface area contributed by atoms with E-state index >= 15 is 0 Å². The molecule has 0 aliphatic carbocycles. The molecule has 2 aromatic rings. The molecular weight excluding hydrogens is 442 g/mol. The summed E-state index contributed by atoms with van der Waals surface area (Å²) in [5.41, 5.74) is 0.285. The fourth-order valence-electron chi connectivity index (χ4n) is 3.21. The zero-order chi connectivity index (χ0) is 21.2. The molecule has 1 aliphatic rings. The normalized spacial score (nSPS) is 17.7. The molecule has 1 saturated heterocycles. The van der Waals surface area contributed by atoms with Gasteiger partial charge in [-0.15, -0.1) is 0 Å². The Morgan fingerprint density at radius 3 is 2.59 bits per heavy atom. The number of rotatable bonds is 5. The summed E-state index contributed by atoms with van der Waals surface area (Å²) in [6.45, 7) is 0.175. The molecule has 10 heteroatoms. The van der Waals surface area contributed by atoms with E-state index in [0.717, 1.165) is 12.1 Å². The molecular formula is C19H19Cl2FN2O4S. The van der Waals surface area contributed by atoms with Gasteiger partial charge in [0.15, 0.2) is 0 Å². The van der Waals surface area contributed by atoms with Gasteiger partial charge in [0.05, 0.1) is 28.8 Å². The summed E-state index contributed by atoms with van der Waals surface area (Å²) in [6.07, 6.45) is 0.978. The van der Waals surface area contributed by atoms with Crippen LogP contribution in [0.4, 0.5) is 10.1 Å². The Morgan fingerprint density at radius 1 is 1.24 bits per heavy atom. The van der Waals surface area contributed by atoms with Crippen LogP contribution in [0, 0.1) is 11.7 Å². The van der Waals surface area contributed by atoms with E-state index in [-0.39, 0.29) is 45.4 Å². The molecule has 1 N–H and O–H groups in total. The first-order valence-electron chi connectivity index (χ1n) is 8.82. The summed E-state index contributed by atoms with van der Waals surface area (Å²) in [6, 6.07) is 8.14. The molecule has 1 heterocycles. The van der Waals surface area contributed by atoms with Crippen molar-refractivity contribution in [2.45, 2.75) is 17.7 Å². The van der Waals surface area contributed by atoms with Crippen molar-refractivity contribution >= 4 is 44.8 Å². The second-order valence-electron chi connectivity index (χ2n) is 6.58. The van der Waals surface area contributed by atoms with Crippen LogP contribution < -0.4 is 10.1 Å². The maximum absolute atomic E-state index is 13.7. The zero-order valence-electron chi connectivity index (χ0n) is 15.5. The van der Waals surface area contributed by atoms with Crippen molar-refractivity contribution in [3.63, 3.8) is 0 Å². The first kappa shape index (κ1) is 21.8. The predicted molar refractivity (Wildman–Crippen MR) is 110 cm³/mol. The quantitative estimate of drug-likeness (QED) is 0.725. The first-order chi connectivity index (χ1) is 13.7. The summed E-state index contributed by atoms with van der Waals surface area (Å²) in [7, 11) is -2.74. The number of carbonyl (C=O) groups excluding carboxylic acids is 1. The van der Waals surface area contributed by atoms with Crippen LogP contribution in [-0.2, 0) is 14.8 Å². The third kappa shape index (κ3) is 4.66. The molecule has 3 rings (SSSR count). The number of benzene rings is 2. The number of anilines is 1. The number of amides is 1. The van der Waals surface area contributed by atoms with Gasteiger partial charge in [-0.2, -0.15) is 4.31 Å². The van der Waals surface area contributed by atoms with Crippen LogP contribution in [0.15, 0.2) is 41.3 Å². The standard InChI is InChI=1S/C19H19Cl2FN2O4S/c1-28-16-8-7-13(22)10-17(16)29(26,27)24-9-3-4-12(11-24)19(25)23-18-14(20)5-2-6-15(18)21/h2,5-8,10,12H,3-4,9,11H2,1H3,(H,23,25)/t12-/m1/s1. The molecule has 1 fully saturated rings. The molecule has 0 bridgehead atoms. The van der Waals surface area contributed by atoms with E-state index in [1.165, 1.54) is 17.5 Å². The van der Waals surface area contributed by atoms with Gasteiger partial charge in [-0.05, 0) is 43.2 Å². The highest BCUT2D eigenvalue weighted by Gasteiger charge is 2.35. The van der Waals surface area contributed by atoms with E-state index < -0.39 is 21.8 Å². The average Bonchev–Trinajstić information content (AvgIpc) is 2.70. The summed E-state index contributed by atoms with van der Waals surface area (Å²) in [4.78, 5) is 12.5. The van der Waals surface area contributed by atoms with Gasteiger partial charge in [-0.25, -0.2) is 12.8 Å². The minimum atomic E-state index is -4.05. The molecule has 2 aromatic carbocycles. The highest BCUT2D eigenvalue weighted by atomic mass is 35.5. The smallest absolute Gasteiger partial charge is 0.246 e. The van der Waals surface area contributed by atoms with Crippen LogP contribution in [0.25, 0.3) is 0 Å². The van der Waals surface area contributed by atoms with Gasteiger partial charge < -0.3 is 10.1 Å². The van der Waals surface area contributed by atoms with Crippen molar-refractivity contribution in [1.82, 2.24) is 4.31 Å². The van der Waals surface area contributed by atoms with Crippen LogP contribution in [-0.4, -0.2) is 38.8 Å². The van der Waals surface area contributed by atoms with Gasteiger partial charge in [-0.3, -0.25) is 4.79 Å². The zero-order valence-corrected chi connectivity index (χ0v) is 17.8. The number of para-hydroxylation sites is 1. The van der Waals surface area contributed by atoms with Crippen LogP contribution >= 0.6 is 23.2 Å². The Morgan fingerprint density at radius 2 is 1.93 bits per heavy atom. The van der Waals surface area contributed by atoms with Gasteiger partial charge in [0.1, 0.15) is 16.5 Å². The summed E-state index contributed by atoms with van der Waals surface area (Å²) < 4.78 is 46.0. The Balaban J connectivity index is 1.82. The molecule has 1 amide bonds. The summed E-state index contributed by atoms with van der Waals surface area (Å²) >= 11 is 12.2. The minimum Gasteiger partial charge on any atom is -0.495 e. The molecule has 156 valence electrons. The Kier molecular flexibility index (Phi) is 6.68. The van der Waals surface area contributed by atoms with Crippen LogP contribution in [0.2, 0.25) is 10.0 Å². The topological polar surface area (TPSA) is 75.7 Å². The molecule has 0 spiro atoms. The van der Waals surface area contributed by atoms with Crippen molar-refractivity contribution in [3.05, 3.63) is 52.3 Å². The molecule has 6 nitrogen and oxygen atoms in total. The first-order valence-corrected chi connectivity index (χ1v) is 11.0. The van der Waals surface area contributed by atoms with Gasteiger partial charge in [0.25, 0.3) is 0 Å². The van der Waals surface area contributed by atoms with Gasteiger partial charge in [0.2, 0.25) is 15.9 Å². The summed E-state index contributed by atoms with van der Waals surface area (Å²) in [5.74, 6) is -1.64. The van der Waals surface area contributed by atoms with Crippen molar-refractivity contribution in [2.75, 3.05) is 25.5 Å². The van der Waals surface area contributed by atoms with Crippen molar-refractivity contribution < 1.29 is 22.3 Å². The number of nitrogens with one attached hydrogen (secondary N) is 1. The van der Waals surface area contributed by atoms with E-state index in [1.807, 2.05) is 0 Å². The lowest BCUT2D eigenvalue weighted by Gasteiger charge is -2.31. The van der Waals surface area contributed by atoms with Gasteiger partial charge in [-0.1, -0.05) is 29.3 Å². The Hall–Kier alpha value is -1.87. The number of ether oxygens (including phenoxy) is 1. The molecule has 1 atom stereocenters. The van der Waals surface area contributed by atoms with Crippen LogP contribution in [0.1, 0.15) is 12.8 Å². The largest absolute Gasteiger partial charge is 0.495 e. The number of hydrogen-bond donors (Lipinski definition) is 1. The maximum Gasteiger partial charge on any atom is 0.246 e. The number of methoxy groups -OCH3 is 1. The van der Waals surface area contributed by atoms with E-state index in [9.17, 15) is 17.6 Å². The van der Waals surface area contributed by atoms with Crippen molar-refractivity contribution in [2.24, 2.45) is 5.92 Å². The fourth-order valence-corrected chi connectivity index (χ4v) is 5.39. The van der Waals surface area contributed by atoms with Gasteiger partial charge >= 0.3 is 0 Å². The van der Waals surface area contributed by atoms with E-state index in [0.29, 0.717) is 12.8 Å². The lowest BCUT2D eigenvalue weighted by atomic mass is 9.98. The molecule has 29 heavy (non-hydrogen) atoms. The minimum absolute atomic E-state index is 0.0424. The maximum atomic E-state index is 13.7. The van der Waals surface area contributed by atoms with Crippen LogP contribution in [0.5, 0.6) is 5.75 Å². The number of nitrogens with zero attached hydrogens (tertiary/aromatic N) is 1. The van der Waals surface area contributed by atoms with E-state index in [2.05, 4.69) is 5.32 Å². The number of piperidine rings is 1. The number of sulfonamides is 1. The second-order valence-corrected chi connectivity index (χ2v) is 9.30. The fraction of sp³-hybridized carbons (Fsp3) is 0.316. The van der Waals surface area contributed by atoms with E-state index in [1.54, 1.807) is 18.2 Å². The van der Waals surface area contributed by atoms with E-state index in [4.69, 9.17) is 27.9 Å². The third-order valence-corrected chi connectivity index (χ3v) is 7.23. The molecule has 0 saturated carbocycles. The SMILES string of the molecule is COc1ccc(F)cc1S(=O)(=O)N1CCC[C@@H](C(=O)Nc2c(Cl)cccc2Cl)C1. The van der Waals surface area contributed by atoms with Crippen molar-refractivity contribution in [1.29, 1.82) is 0 Å². The highest BCUT2D eigenvalue weighted by Crippen LogP contribution is 2.33. The number of halogens is 3. The molecule has 0 aromatic heterocycles. The third-order valence-electron chi connectivity index (χ3n) is 4.71. The number of hydrogen-bond acceptors (Lipinski definition) is 4. The Labute approximate surface area is 178 Å². The summed E-state index contributed by atoms with van der Waals surface area (Å²) in [5, 5.41) is 3.26. The highest BCUT2D eigenvalue weighted by molar-refractivity contribution is 7.89. The van der Waals surface area contributed by atoms with Gasteiger partial charge in [0, 0.05) is 13.1 Å². The second kappa shape index (κ2) is 8.87.